The Morgan fingerprint density at radius 3 is 2.36 bits per heavy atom. The van der Waals surface area contributed by atoms with Crippen LogP contribution in [-0.4, -0.2) is 64.6 Å². The standard InChI is InChI=1S/C26H26F3N5O5/c1-5-39-25(36)15(2)34-13-18(11-32-34)16-6-7-33-19(12-30-22(33)10-16)17-8-20(37-3)23(21(9-17)38-4)24(35)31-14-26(27,28)29/h6-13,15H,5,14H2,1-4H3,(H,31,35). The number of hydrogen-bond acceptors (Lipinski definition) is 7. The highest BCUT2D eigenvalue weighted by Gasteiger charge is 2.30. The first-order valence-corrected chi connectivity index (χ1v) is 11.9. The van der Waals surface area contributed by atoms with Gasteiger partial charge in [-0.05, 0) is 43.7 Å². The van der Waals surface area contributed by atoms with Crippen molar-refractivity contribution in [2.45, 2.75) is 26.1 Å². The van der Waals surface area contributed by atoms with Gasteiger partial charge < -0.3 is 19.5 Å². The highest BCUT2D eigenvalue weighted by atomic mass is 19.4. The number of fused-ring (bicyclic) bond motifs is 1. The van der Waals surface area contributed by atoms with Crippen LogP contribution in [0.25, 0.3) is 28.0 Å². The molecule has 0 aliphatic rings. The van der Waals surface area contributed by atoms with Gasteiger partial charge in [-0.1, -0.05) is 0 Å². The van der Waals surface area contributed by atoms with Crippen LogP contribution in [-0.2, 0) is 9.53 Å². The summed E-state index contributed by atoms with van der Waals surface area (Å²) in [6, 6.07) is 6.17. The maximum Gasteiger partial charge on any atom is 0.405 e. The smallest absolute Gasteiger partial charge is 0.405 e. The van der Waals surface area contributed by atoms with E-state index in [2.05, 4.69) is 10.1 Å². The highest BCUT2D eigenvalue weighted by molar-refractivity contribution is 6.00. The number of imidazole rings is 1. The third kappa shape index (κ3) is 5.81. The second-order valence-electron chi connectivity index (χ2n) is 8.48. The molecule has 0 fully saturated rings. The minimum atomic E-state index is -4.57. The van der Waals surface area contributed by atoms with Gasteiger partial charge >= 0.3 is 12.1 Å². The number of rotatable bonds is 9. The monoisotopic (exact) mass is 545 g/mol. The van der Waals surface area contributed by atoms with Crippen molar-refractivity contribution >= 4 is 17.5 Å². The molecule has 1 aromatic carbocycles. The third-order valence-corrected chi connectivity index (χ3v) is 5.95. The van der Waals surface area contributed by atoms with Crippen molar-refractivity contribution < 1.29 is 37.0 Å². The van der Waals surface area contributed by atoms with E-state index in [-0.39, 0.29) is 29.6 Å². The summed E-state index contributed by atoms with van der Waals surface area (Å²) in [5.74, 6) is -1.28. The fourth-order valence-corrected chi connectivity index (χ4v) is 4.00. The molecule has 4 aromatic rings. The van der Waals surface area contributed by atoms with Crippen molar-refractivity contribution in [3.05, 3.63) is 54.6 Å². The van der Waals surface area contributed by atoms with E-state index in [1.165, 1.54) is 31.0 Å². The highest BCUT2D eigenvalue weighted by Crippen LogP contribution is 2.36. The molecule has 1 unspecified atom stereocenters. The molecular weight excluding hydrogens is 519 g/mol. The van der Waals surface area contributed by atoms with Gasteiger partial charge in [0.25, 0.3) is 5.91 Å². The fraction of sp³-hybridized carbons (Fsp3) is 0.308. The first kappa shape index (κ1) is 27.5. The number of aromatic nitrogens is 4. The lowest BCUT2D eigenvalue weighted by Crippen LogP contribution is -2.34. The zero-order valence-corrected chi connectivity index (χ0v) is 21.6. The van der Waals surface area contributed by atoms with E-state index < -0.39 is 24.7 Å². The molecule has 0 aliphatic heterocycles. The molecule has 1 atom stereocenters. The van der Waals surface area contributed by atoms with Crippen molar-refractivity contribution in [2.75, 3.05) is 27.4 Å². The maximum atomic E-state index is 12.6. The Kier molecular flexibility index (Phi) is 7.79. The normalized spacial score (nSPS) is 12.3. The van der Waals surface area contributed by atoms with Gasteiger partial charge in [-0.25, -0.2) is 9.78 Å². The third-order valence-electron chi connectivity index (χ3n) is 5.95. The van der Waals surface area contributed by atoms with Gasteiger partial charge in [0.05, 0.1) is 38.9 Å². The minimum absolute atomic E-state index is 0.0405. The number of carbonyl (C=O) groups is 2. The molecule has 1 amide bonds. The maximum absolute atomic E-state index is 12.6. The van der Waals surface area contributed by atoms with E-state index in [4.69, 9.17) is 14.2 Å². The van der Waals surface area contributed by atoms with E-state index in [1.54, 1.807) is 43.0 Å². The average Bonchev–Trinajstić information content (AvgIpc) is 3.57. The molecule has 10 nitrogen and oxygen atoms in total. The van der Waals surface area contributed by atoms with Crippen LogP contribution in [0.5, 0.6) is 11.5 Å². The number of amides is 1. The number of esters is 1. The minimum Gasteiger partial charge on any atom is -0.496 e. The molecule has 0 saturated heterocycles. The van der Waals surface area contributed by atoms with E-state index in [1.807, 2.05) is 17.4 Å². The van der Waals surface area contributed by atoms with Gasteiger partial charge in [0.1, 0.15) is 35.3 Å². The fourth-order valence-electron chi connectivity index (χ4n) is 4.00. The molecule has 4 rings (SSSR count). The van der Waals surface area contributed by atoms with E-state index in [9.17, 15) is 22.8 Å². The molecule has 3 aromatic heterocycles. The van der Waals surface area contributed by atoms with Crippen molar-refractivity contribution in [1.29, 1.82) is 0 Å². The Balaban J connectivity index is 1.66. The van der Waals surface area contributed by atoms with Gasteiger partial charge in [-0.3, -0.25) is 13.9 Å². The lowest BCUT2D eigenvalue weighted by Gasteiger charge is -2.16. The van der Waals surface area contributed by atoms with Crippen LogP contribution in [0.3, 0.4) is 0 Å². The first-order valence-electron chi connectivity index (χ1n) is 11.9. The summed E-state index contributed by atoms with van der Waals surface area (Å²) in [6.07, 6.45) is 2.23. The van der Waals surface area contributed by atoms with Crippen molar-refractivity contribution in [1.82, 2.24) is 24.5 Å². The van der Waals surface area contributed by atoms with Crippen LogP contribution < -0.4 is 14.8 Å². The summed E-state index contributed by atoms with van der Waals surface area (Å²) in [5, 5.41) is 6.12. The molecule has 0 bridgehead atoms. The second-order valence-corrected chi connectivity index (χ2v) is 8.48. The van der Waals surface area contributed by atoms with E-state index in [0.717, 1.165) is 11.1 Å². The SMILES string of the molecule is CCOC(=O)C(C)n1cc(-c2ccn3c(-c4cc(OC)c(C(=O)NCC(F)(F)F)c(OC)c4)cnc3c2)cn1. The predicted molar refractivity (Wildman–Crippen MR) is 135 cm³/mol. The zero-order valence-electron chi connectivity index (χ0n) is 21.6. The number of benzene rings is 1. The molecule has 0 spiro atoms. The summed E-state index contributed by atoms with van der Waals surface area (Å²) >= 11 is 0. The second kappa shape index (κ2) is 11.1. The summed E-state index contributed by atoms with van der Waals surface area (Å²) in [6.45, 7) is 2.23. The quantitative estimate of drug-likeness (QED) is 0.313. The van der Waals surface area contributed by atoms with Gasteiger partial charge in [0.2, 0.25) is 0 Å². The molecule has 39 heavy (non-hydrogen) atoms. The molecule has 0 radical (unpaired) electrons. The number of nitrogens with one attached hydrogen (secondary N) is 1. The number of methoxy groups -OCH3 is 2. The van der Waals surface area contributed by atoms with Gasteiger partial charge in [-0.2, -0.15) is 18.3 Å². The van der Waals surface area contributed by atoms with Crippen LogP contribution in [0.15, 0.2) is 49.1 Å². The number of pyridine rings is 1. The van der Waals surface area contributed by atoms with Crippen molar-refractivity contribution in [3.63, 3.8) is 0 Å². The Hall–Kier alpha value is -4.55. The topological polar surface area (TPSA) is 109 Å². The van der Waals surface area contributed by atoms with Gasteiger partial charge in [-0.15, -0.1) is 0 Å². The van der Waals surface area contributed by atoms with Gasteiger partial charge in [0, 0.05) is 23.5 Å². The Bertz CT molecular complexity index is 1490. The molecular formula is C26H26F3N5O5. The predicted octanol–water partition coefficient (Wildman–Crippen LogP) is 4.30. The van der Waals surface area contributed by atoms with E-state index >= 15 is 0 Å². The summed E-state index contributed by atoms with van der Waals surface area (Å²) in [5.41, 5.74) is 3.22. The average molecular weight is 546 g/mol. The van der Waals surface area contributed by atoms with Crippen molar-refractivity contribution in [2.24, 2.45) is 0 Å². The summed E-state index contributed by atoms with van der Waals surface area (Å²) in [7, 11) is 2.62. The van der Waals surface area contributed by atoms with Crippen LogP contribution in [0, 0.1) is 0 Å². The number of carbonyl (C=O) groups excluding carboxylic acids is 2. The largest absolute Gasteiger partial charge is 0.496 e. The molecule has 1 N–H and O–H groups in total. The lowest BCUT2D eigenvalue weighted by molar-refractivity contribution is -0.146. The van der Waals surface area contributed by atoms with E-state index in [0.29, 0.717) is 16.9 Å². The molecule has 0 saturated carbocycles. The number of ether oxygens (including phenoxy) is 3. The number of nitrogens with zero attached hydrogens (tertiary/aromatic N) is 4. The summed E-state index contributed by atoms with van der Waals surface area (Å²) < 4.78 is 56.9. The Labute approximate surface area is 221 Å². The lowest BCUT2D eigenvalue weighted by atomic mass is 10.1. The van der Waals surface area contributed by atoms with Crippen LogP contribution >= 0.6 is 0 Å². The van der Waals surface area contributed by atoms with Gasteiger partial charge in [0.15, 0.2) is 0 Å². The van der Waals surface area contributed by atoms with Crippen LogP contribution in [0.1, 0.15) is 30.2 Å². The molecule has 3 heterocycles. The van der Waals surface area contributed by atoms with Crippen LogP contribution in [0.4, 0.5) is 13.2 Å². The first-order chi connectivity index (χ1) is 18.6. The van der Waals surface area contributed by atoms with Crippen LogP contribution in [0.2, 0.25) is 0 Å². The zero-order chi connectivity index (χ0) is 28.3. The molecule has 13 heteroatoms. The Morgan fingerprint density at radius 2 is 1.74 bits per heavy atom. The number of alkyl halides is 3. The molecule has 206 valence electrons. The number of hydrogen-bond donors (Lipinski definition) is 1. The Morgan fingerprint density at radius 1 is 1.05 bits per heavy atom. The molecule has 0 aliphatic carbocycles. The summed E-state index contributed by atoms with van der Waals surface area (Å²) in [4.78, 5) is 29.0. The van der Waals surface area contributed by atoms with Crippen molar-refractivity contribution in [3.8, 4) is 33.9 Å². The number of halogens is 3.